The van der Waals surface area contributed by atoms with Gasteiger partial charge in [-0.05, 0) is 55.4 Å². The molecule has 1 saturated heterocycles. The van der Waals surface area contributed by atoms with Gasteiger partial charge in [0.1, 0.15) is 5.92 Å². The summed E-state index contributed by atoms with van der Waals surface area (Å²) in [6.07, 6.45) is 2.53. The largest absolute Gasteiger partial charge is 0.453 e. The highest BCUT2D eigenvalue weighted by molar-refractivity contribution is 6.23. The molecule has 0 N–H and O–H groups in total. The molecule has 1 aliphatic heterocycles. The zero-order valence-corrected chi connectivity index (χ0v) is 15.8. The van der Waals surface area contributed by atoms with Crippen LogP contribution in [0.2, 0.25) is 0 Å². The van der Waals surface area contributed by atoms with E-state index in [-0.39, 0.29) is 30.0 Å². The Bertz CT molecular complexity index is 785. The van der Waals surface area contributed by atoms with Crippen LogP contribution in [0.15, 0.2) is 23.8 Å². The topological polar surface area (TPSA) is 63.7 Å². The third-order valence-corrected chi connectivity index (χ3v) is 5.39. The van der Waals surface area contributed by atoms with Crippen molar-refractivity contribution in [1.82, 2.24) is 4.90 Å². The number of nitrogens with zero attached hydrogens (tertiary/aromatic N) is 1. The molecule has 1 aliphatic carbocycles. The Morgan fingerprint density at radius 1 is 1.19 bits per heavy atom. The minimum atomic E-state index is -0.681. The molecule has 2 aliphatic rings. The molecule has 0 bridgehead atoms. The first-order chi connectivity index (χ1) is 12.3. The van der Waals surface area contributed by atoms with Gasteiger partial charge in [-0.2, -0.15) is 0 Å². The lowest BCUT2D eigenvalue weighted by atomic mass is 9.87. The highest BCUT2D eigenvalue weighted by Crippen LogP contribution is 2.37. The van der Waals surface area contributed by atoms with Crippen molar-refractivity contribution in [1.29, 1.82) is 0 Å². The van der Waals surface area contributed by atoms with Crippen molar-refractivity contribution in [3.63, 3.8) is 0 Å². The van der Waals surface area contributed by atoms with Crippen LogP contribution < -0.4 is 0 Å². The maximum Gasteiger partial charge on any atom is 0.409 e. The maximum atomic E-state index is 13.0. The van der Waals surface area contributed by atoms with E-state index >= 15 is 0 Å². The van der Waals surface area contributed by atoms with Crippen LogP contribution in [0, 0.1) is 26.7 Å². The van der Waals surface area contributed by atoms with E-state index in [1.54, 1.807) is 4.90 Å². The van der Waals surface area contributed by atoms with E-state index in [4.69, 9.17) is 4.74 Å². The van der Waals surface area contributed by atoms with Crippen molar-refractivity contribution >= 4 is 17.7 Å². The predicted molar refractivity (Wildman–Crippen MR) is 98.2 cm³/mol. The maximum absolute atomic E-state index is 13.0. The molecular weight excluding hydrogens is 330 g/mol. The molecule has 5 nitrogen and oxygen atoms in total. The van der Waals surface area contributed by atoms with Crippen molar-refractivity contribution in [3.05, 3.63) is 46.0 Å². The number of rotatable bonds is 2. The third kappa shape index (κ3) is 3.30. The van der Waals surface area contributed by atoms with Gasteiger partial charge >= 0.3 is 6.09 Å². The number of methoxy groups -OCH3 is 1. The molecule has 5 heteroatoms. The van der Waals surface area contributed by atoms with Crippen LogP contribution in [-0.4, -0.2) is 42.8 Å². The van der Waals surface area contributed by atoms with Crippen molar-refractivity contribution in [2.45, 2.75) is 39.5 Å². The number of Topliss-reactive ketones (excluding diaryl/α,β-unsaturated/α-hetero) is 2. The van der Waals surface area contributed by atoms with Gasteiger partial charge in [0, 0.05) is 19.5 Å². The minimum Gasteiger partial charge on any atom is -0.453 e. The van der Waals surface area contributed by atoms with E-state index in [1.807, 2.05) is 39.0 Å². The van der Waals surface area contributed by atoms with E-state index < -0.39 is 5.92 Å². The number of carbonyl (C=O) groups excluding carboxylic acids is 3. The Morgan fingerprint density at radius 2 is 1.85 bits per heavy atom. The van der Waals surface area contributed by atoms with Gasteiger partial charge in [-0.1, -0.05) is 23.8 Å². The van der Waals surface area contributed by atoms with Gasteiger partial charge in [0.2, 0.25) is 0 Å². The second-order valence-corrected chi connectivity index (χ2v) is 7.41. The molecule has 2 atom stereocenters. The SMILES string of the molecule is COC(=O)N1CCC(C=C2CC(=O)C(c3c(C)cc(C)cc3C)C2=O)C1. The van der Waals surface area contributed by atoms with Crippen LogP contribution in [0.25, 0.3) is 0 Å². The molecule has 1 heterocycles. The highest BCUT2D eigenvalue weighted by atomic mass is 16.5. The number of ether oxygens (including phenoxy) is 1. The molecule has 2 unspecified atom stereocenters. The number of hydrogen-bond acceptors (Lipinski definition) is 4. The molecule has 0 aromatic heterocycles. The zero-order valence-electron chi connectivity index (χ0n) is 15.8. The minimum absolute atomic E-state index is 0.0286. The molecule has 26 heavy (non-hydrogen) atoms. The molecule has 0 spiro atoms. The number of hydrogen-bond donors (Lipinski definition) is 0. The van der Waals surface area contributed by atoms with Gasteiger partial charge in [-0.25, -0.2) is 4.79 Å². The fourth-order valence-corrected chi connectivity index (χ4v) is 4.29. The Kier molecular flexibility index (Phi) is 4.99. The molecule has 138 valence electrons. The fourth-order valence-electron chi connectivity index (χ4n) is 4.29. The highest BCUT2D eigenvalue weighted by Gasteiger charge is 2.40. The summed E-state index contributed by atoms with van der Waals surface area (Å²) < 4.78 is 4.75. The smallest absolute Gasteiger partial charge is 0.409 e. The van der Waals surface area contributed by atoms with Crippen LogP contribution in [0.5, 0.6) is 0 Å². The average molecular weight is 355 g/mol. The number of amides is 1. The van der Waals surface area contributed by atoms with E-state index in [1.165, 1.54) is 7.11 Å². The molecule has 1 amide bonds. The normalized spacial score (nSPS) is 24.6. The van der Waals surface area contributed by atoms with Crippen molar-refractivity contribution in [2.75, 3.05) is 20.2 Å². The van der Waals surface area contributed by atoms with E-state index in [2.05, 4.69) is 0 Å². The summed E-state index contributed by atoms with van der Waals surface area (Å²) in [7, 11) is 1.37. The summed E-state index contributed by atoms with van der Waals surface area (Å²) in [5.74, 6) is -0.694. The van der Waals surface area contributed by atoms with Gasteiger partial charge in [-0.15, -0.1) is 0 Å². The lowest BCUT2D eigenvalue weighted by Gasteiger charge is -2.15. The monoisotopic (exact) mass is 355 g/mol. The number of likely N-dealkylation sites (tertiary alicyclic amines) is 1. The summed E-state index contributed by atoms with van der Waals surface area (Å²) in [5.41, 5.74) is 4.57. The molecular formula is C21H25NO4. The first-order valence-electron chi connectivity index (χ1n) is 9.00. The number of benzene rings is 1. The Balaban J connectivity index is 1.83. The van der Waals surface area contributed by atoms with Crippen LogP contribution in [-0.2, 0) is 14.3 Å². The first-order valence-corrected chi connectivity index (χ1v) is 9.00. The average Bonchev–Trinajstić information content (AvgIpc) is 3.13. The molecule has 0 radical (unpaired) electrons. The van der Waals surface area contributed by atoms with E-state index in [0.29, 0.717) is 18.7 Å². The van der Waals surface area contributed by atoms with Gasteiger partial charge in [0.15, 0.2) is 11.6 Å². The Labute approximate surface area is 154 Å². The second kappa shape index (κ2) is 7.06. The quantitative estimate of drug-likeness (QED) is 0.603. The number of carbonyl (C=O) groups is 3. The summed E-state index contributed by atoms with van der Waals surface area (Å²) in [6.45, 7) is 7.08. The van der Waals surface area contributed by atoms with Crippen LogP contribution in [0.3, 0.4) is 0 Å². The zero-order chi connectivity index (χ0) is 19.0. The van der Waals surface area contributed by atoms with E-state index in [9.17, 15) is 14.4 Å². The number of ketones is 2. The molecule has 2 fully saturated rings. The molecule has 1 aromatic carbocycles. The van der Waals surface area contributed by atoms with Crippen molar-refractivity contribution in [2.24, 2.45) is 5.92 Å². The second-order valence-electron chi connectivity index (χ2n) is 7.41. The van der Waals surface area contributed by atoms with Gasteiger partial charge in [0.25, 0.3) is 0 Å². The summed E-state index contributed by atoms with van der Waals surface area (Å²) in [4.78, 5) is 38.9. The predicted octanol–water partition coefficient (Wildman–Crippen LogP) is 3.25. The van der Waals surface area contributed by atoms with Crippen LogP contribution in [0.1, 0.15) is 41.0 Å². The fraction of sp³-hybridized carbons (Fsp3) is 0.476. The Morgan fingerprint density at radius 3 is 2.46 bits per heavy atom. The molecule has 3 rings (SSSR count). The van der Waals surface area contributed by atoms with Crippen LogP contribution >= 0.6 is 0 Å². The summed E-state index contributed by atoms with van der Waals surface area (Å²) >= 11 is 0. The van der Waals surface area contributed by atoms with Gasteiger partial charge < -0.3 is 9.64 Å². The summed E-state index contributed by atoms with van der Waals surface area (Å²) in [5, 5.41) is 0. The first kappa shape index (κ1) is 18.4. The van der Waals surface area contributed by atoms with E-state index in [0.717, 1.165) is 28.7 Å². The van der Waals surface area contributed by atoms with Crippen molar-refractivity contribution < 1.29 is 19.1 Å². The lowest BCUT2D eigenvalue weighted by molar-refractivity contribution is -0.123. The van der Waals surface area contributed by atoms with Crippen molar-refractivity contribution in [3.8, 4) is 0 Å². The lowest BCUT2D eigenvalue weighted by Crippen LogP contribution is -2.28. The summed E-state index contributed by atoms with van der Waals surface area (Å²) in [6, 6.07) is 4.05. The Hall–Kier alpha value is -2.43. The third-order valence-electron chi connectivity index (χ3n) is 5.39. The van der Waals surface area contributed by atoms with Crippen LogP contribution in [0.4, 0.5) is 4.79 Å². The van der Waals surface area contributed by atoms with Gasteiger partial charge in [0.05, 0.1) is 7.11 Å². The number of aryl methyl sites for hydroxylation is 3. The molecule has 1 aromatic rings. The molecule has 1 saturated carbocycles. The van der Waals surface area contributed by atoms with Gasteiger partial charge in [-0.3, -0.25) is 9.59 Å². The standard InChI is InChI=1S/C21H25NO4/c1-12-7-13(2)18(14(3)8-12)19-17(23)10-16(20(19)24)9-15-5-6-22(11-15)21(25)26-4/h7-9,15,19H,5-6,10-11H2,1-4H3. The number of allylic oxidation sites excluding steroid dienone is 1.